The van der Waals surface area contributed by atoms with Gasteiger partial charge in [-0.15, -0.1) is 0 Å². The molecule has 8 nitrogen and oxygen atoms in total. The zero-order valence-electron chi connectivity index (χ0n) is 24.3. The summed E-state index contributed by atoms with van der Waals surface area (Å²) in [6, 6.07) is 21.2. The fraction of sp³-hybridized carbons (Fsp3) is 0.294. The van der Waals surface area contributed by atoms with Crippen molar-refractivity contribution in [3.05, 3.63) is 126 Å². The van der Waals surface area contributed by atoms with Crippen LogP contribution in [0.15, 0.2) is 72.8 Å². The molecule has 1 aliphatic carbocycles. The molecule has 0 heterocycles. The van der Waals surface area contributed by atoms with Gasteiger partial charge < -0.3 is 9.47 Å². The third-order valence-electron chi connectivity index (χ3n) is 8.12. The summed E-state index contributed by atoms with van der Waals surface area (Å²) in [6.45, 7) is 8.20. The third kappa shape index (κ3) is 6.28. The lowest BCUT2D eigenvalue weighted by molar-refractivity contribution is -0.385. The highest BCUT2D eigenvalue weighted by molar-refractivity contribution is 5.50. The van der Waals surface area contributed by atoms with E-state index < -0.39 is 9.85 Å². The Morgan fingerprint density at radius 3 is 1.24 bits per heavy atom. The molecule has 5 rings (SSSR count). The molecule has 1 saturated carbocycles. The predicted octanol–water partition coefficient (Wildman–Crippen LogP) is 9.76. The van der Waals surface area contributed by atoms with Crippen molar-refractivity contribution in [2.24, 2.45) is 0 Å². The maximum absolute atomic E-state index is 11.0. The summed E-state index contributed by atoms with van der Waals surface area (Å²) in [5.41, 5.74) is 6.89. The average Bonchev–Trinajstić information content (AvgIpc) is 2.97. The van der Waals surface area contributed by atoms with Gasteiger partial charge in [0.15, 0.2) is 0 Å². The summed E-state index contributed by atoms with van der Waals surface area (Å²) < 4.78 is 12.3. The molecule has 0 aliphatic heterocycles. The highest BCUT2D eigenvalue weighted by Gasteiger charge is 2.26. The van der Waals surface area contributed by atoms with Crippen LogP contribution in [-0.4, -0.2) is 9.85 Å². The number of ether oxygens (including phenoxy) is 2. The average molecular weight is 567 g/mol. The number of hydrogen-bond acceptors (Lipinski definition) is 6. The number of nitro groups is 2. The molecule has 0 aromatic heterocycles. The number of nitro benzene ring substituents is 2. The Hall–Kier alpha value is -4.72. The van der Waals surface area contributed by atoms with Gasteiger partial charge in [0, 0.05) is 24.3 Å². The highest BCUT2D eigenvalue weighted by Crippen LogP contribution is 2.44. The zero-order chi connectivity index (χ0) is 30.0. The van der Waals surface area contributed by atoms with Crippen LogP contribution in [0.5, 0.6) is 23.0 Å². The second-order valence-corrected chi connectivity index (χ2v) is 11.2. The van der Waals surface area contributed by atoms with Crippen molar-refractivity contribution in [2.75, 3.05) is 0 Å². The van der Waals surface area contributed by atoms with Crippen molar-refractivity contribution >= 4 is 11.4 Å². The van der Waals surface area contributed by atoms with Gasteiger partial charge >= 0.3 is 0 Å². The number of rotatable bonds is 8. The summed E-state index contributed by atoms with van der Waals surface area (Å²) >= 11 is 0. The number of hydrogen-bond donors (Lipinski definition) is 0. The van der Waals surface area contributed by atoms with E-state index in [9.17, 15) is 20.2 Å². The van der Waals surface area contributed by atoms with Crippen LogP contribution in [0.1, 0.15) is 70.9 Å². The minimum Gasteiger partial charge on any atom is -0.457 e. The van der Waals surface area contributed by atoms with Gasteiger partial charge in [-0.25, -0.2) is 0 Å². The second kappa shape index (κ2) is 12.0. The first-order valence-corrected chi connectivity index (χ1v) is 14.2. The molecule has 2 unspecified atom stereocenters. The highest BCUT2D eigenvalue weighted by atomic mass is 16.6. The van der Waals surface area contributed by atoms with Crippen molar-refractivity contribution in [1.82, 2.24) is 0 Å². The molecule has 0 saturated heterocycles. The first-order chi connectivity index (χ1) is 20.1. The maximum atomic E-state index is 11.0. The van der Waals surface area contributed by atoms with Crippen molar-refractivity contribution in [3.8, 4) is 23.0 Å². The molecule has 0 spiro atoms. The SMILES string of the molecule is Cc1cc(C2CCCC(c3cc(C)c(Oc4ccc([N+](=O)[O-])cc4)c(C)c3)C2)cc(C)c1Oc1ccc([N+](=O)[O-])cc1. The lowest BCUT2D eigenvalue weighted by Gasteiger charge is -2.31. The van der Waals surface area contributed by atoms with Gasteiger partial charge in [0.05, 0.1) is 9.85 Å². The smallest absolute Gasteiger partial charge is 0.269 e. The summed E-state index contributed by atoms with van der Waals surface area (Å²) in [5.74, 6) is 3.59. The summed E-state index contributed by atoms with van der Waals surface area (Å²) in [4.78, 5) is 21.1. The Kier molecular flexibility index (Phi) is 8.24. The molecular weight excluding hydrogens is 532 g/mol. The van der Waals surface area contributed by atoms with E-state index in [1.165, 1.54) is 35.4 Å². The van der Waals surface area contributed by atoms with Gasteiger partial charge in [-0.2, -0.15) is 0 Å². The van der Waals surface area contributed by atoms with Crippen LogP contribution in [-0.2, 0) is 0 Å². The molecule has 1 fully saturated rings. The maximum Gasteiger partial charge on any atom is 0.269 e. The van der Waals surface area contributed by atoms with Crippen LogP contribution in [0.4, 0.5) is 11.4 Å². The van der Waals surface area contributed by atoms with E-state index in [1.807, 2.05) is 27.7 Å². The van der Waals surface area contributed by atoms with E-state index in [1.54, 1.807) is 24.3 Å². The topological polar surface area (TPSA) is 105 Å². The van der Waals surface area contributed by atoms with E-state index >= 15 is 0 Å². The Bertz CT molecular complexity index is 1460. The molecule has 8 heteroatoms. The molecule has 216 valence electrons. The molecule has 0 amide bonds. The van der Waals surface area contributed by atoms with E-state index in [4.69, 9.17) is 9.47 Å². The van der Waals surface area contributed by atoms with Crippen LogP contribution >= 0.6 is 0 Å². The minimum absolute atomic E-state index is 0.0371. The van der Waals surface area contributed by atoms with Crippen LogP contribution in [0.2, 0.25) is 0 Å². The number of non-ortho nitro benzene ring substituents is 2. The number of aryl methyl sites for hydroxylation is 4. The summed E-state index contributed by atoms with van der Waals surface area (Å²) in [7, 11) is 0. The van der Waals surface area contributed by atoms with Crippen molar-refractivity contribution in [3.63, 3.8) is 0 Å². The molecule has 4 aromatic carbocycles. The first kappa shape index (κ1) is 28.8. The number of nitrogens with zero attached hydrogens (tertiary/aromatic N) is 2. The quantitative estimate of drug-likeness (QED) is 0.155. The minimum atomic E-state index is -0.417. The standard InChI is InChI=1S/C34H34N2O6/c1-21-16-27(17-22(2)33(21)41-31-12-8-29(9-13-31)35(37)38)25-6-5-7-26(20-25)28-18-23(3)34(24(4)19-28)42-32-14-10-30(11-15-32)36(39)40/h8-19,25-26H,5-7,20H2,1-4H3. The fourth-order valence-corrected chi connectivity index (χ4v) is 6.06. The molecular formula is C34H34N2O6. The van der Waals surface area contributed by atoms with Gasteiger partial charge in [-0.05, 0) is 116 Å². The first-order valence-electron chi connectivity index (χ1n) is 14.2. The Balaban J connectivity index is 1.31. The molecule has 0 radical (unpaired) electrons. The van der Waals surface area contributed by atoms with E-state index in [-0.39, 0.29) is 11.4 Å². The lowest BCUT2D eigenvalue weighted by atomic mass is 9.74. The van der Waals surface area contributed by atoms with Crippen LogP contribution in [0.3, 0.4) is 0 Å². The van der Waals surface area contributed by atoms with Gasteiger partial charge in [0.25, 0.3) is 11.4 Å². The molecule has 0 N–H and O–H groups in total. The van der Waals surface area contributed by atoms with Crippen molar-refractivity contribution < 1.29 is 19.3 Å². The van der Waals surface area contributed by atoms with Crippen molar-refractivity contribution in [2.45, 2.75) is 65.2 Å². The molecule has 2 atom stereocenters. The third-order valence-corrected chi connectivity index (χ3v) is 8.12. The fourth-order valence-electron chi connectivity index (χ4n) is 6.06. The van der Waals surface area contributed by atoms with Crippen LogP contribution < -0.4 is 9.47 Å². The monoisotopic (exact) mass is 566 g/mol. The molecule has 42 heavy (non-hydrogen) atoms. The Labute approximate surface area is 245 Å². The van der Waals surface area contributed by atoms with Gasteiger partial charge in [-0.1, -0.05) is 30.7 Å². The van der Waals surface area contributed by atoms with Crippen molar-refractivity contribution in [1.29, 1.82) is 0 Å². The van der Waals surface area contributed by atoms with Gasteiger partial charge in [-0.3, -0.25) is 20.2 Å². The number of benzene rings is 4. The Morgan fingerprint density at radius 1 is 0.595 bits per heavy atom. The summed E-state index contributed by atoms with van der Waals surface area (Å²) in [5, 5.41) is 21.9. The van der Waals surface area contributed by atoms with Gasteiger partial charge in [0.2, 0.25) is 0 Å². The van der Waals surface area contributed by atoms with Gasteiger partial charge in [0.1, 0.15) is 23.0 Å². The molecule has 1 aliphatic rings. The summed E-state index contributed by atoms with van der Waals surface area (Å²) in [6.07, 6.45) is 4.48. The van der Waals surface area contributed by atoms with Crippen LogP contribution in [0, 0.1) is 47.9 Å². The molecule has 4 aromatic rings. The largest absolute Gasteiger partial charge is 0.457 e. The van der Waals surface area contributed by atoms with E-state index in [0.29, 0.717) is 23.3 Å². The lowest BCUT2D eigenvalue weighted by Crippen LogP contribution is -2.14. The predicted molar refractivity (Wildman–Crippen MR) is 162 cm³/mol. The Morgan fingerprint density at radius 2 is 0.929 bits per heavy atom. The molecule has 0 bridgehead atoms. The van der Waals surface area contributed by atoms with E-state index in [2.05, 4.69) is 24.3 Å². The second-order valence-electron chi connectivity index (χ2n) is 11.2. The normalized spacial score (nSPS) is 16.6. The van der Waals surface area contributed by atoms with Crippen LogP contribution in [0.25, 0.3) is 0 Å². The zero-order valence-corrected chi connectivity index (χ0v) is 24.3. The van der Waals surface area contributed by atoms with E-state index in [0.717, 1.165) is 59.4 Å².